The van der Waals surface area contributed by atoms with E-state index >= 15 is 0 Å². The van der Waals surface area contributed by atoms with Gasteiger partial charge < -0.3 is 15.5 Å². The lowest BCUT2D eigenvalue weighted by Gasteiger charge is -2.29. The second-order valence-corrected chi connectivity index (χ2v) is 5.76. The van der Waals surface area contributed by atoms with Crippen LogP contribution < -0.4 is 15.5 Å². The second kappa shape index (κ2) is 6.36. The molecule has 0 spiro atoms. The summed E-state index contributed by atoms with van der Waals surface area (Å²) < 4.78 is 1.09. The zero-order chi connectivity index (χ0) is 13.8. The van der Waals surface area contributed by atoms with E-state index in [1.54, 1.807) is 0 Å². The number of hydrogen-bond donors (Lipinski definition) is 2. The summed E-state index contributed by atoms with van der Waals surface area (Å²) >= 11 is 2.30. The lowest BCUT2D eigenvalue weighted by atomic mass is 10.3. The molecule has 1 saturated heterocycles. The van der Waals surface area contributed by atoms with Gasteiger partial charge in [0.2, 0.25) is 5.95 Å². The van der Waals surface area contributed by atoms with Gasteiger partial charge in [-0.05, 0) is 34.7 Å². The molecule has 104 valence electrons. The molecule has 1 fully saturated rings. The molecule has 1 aromatic heterocycles. The minimum atomic E-state index is 0.644. The first kappa shape index (κ1) is 13.6. The molecule has 5 nitrogen and oxygen atoms in total. The van der Waals surface area contributed by atoms with Gasteiger partial charge in [0.1, 0.15) is 5.82 Å². The molecule has 1 aliphatic heterocycles. The summed E-state index contributed by atoms with van der Waals surface area (Å²) in [5.74, 6) is 1.66. The third-order valence-corrected chi connectivity index (χ3v) is 3.93. The lowest BCUT2D eigenvalue weighted by molar-refractivity contribution is 0.584. The van der Waals surface area contributed by atoms with Gasteiger partial charge in [-0.25, -0.2) is 4.98 Å². The smallest absolute Gasteiger partial charge is 0.229 e. The van der Waals surface area contributed by atoms with Crippen molar-refractivity contribution in [2.75, 3.05) is 36.4 Å². The van der Waals surface area contributed by atoms with Crippen molar-refractivity contribution < 1.29 is 0 Å². The van der Waals surface area contributed by atoms with Gasteiger partial charge in [0.05, 0.1) is 3.57 Å². The van der Waals surface area contributed by atoms with Crippen LogP contribution in [0.25, 0.3) is 0 Å². The molecule has 1 aromatic carbocycles. The summed E-state index contributed by atoms with van der Waals surface area (Å²) in [5.41, 5.74) is 1.000. The van der Waals surface area contributed by atoms with Crippen LogP contribution in [-0.4, -0.2) is 36.1 Å². The minimum absolute atomic E-state index is 0.644. The Morgan fingerprint density at radius 1 is 1.15 bits per heavy atom. The number of rotatable bonds is 3. The summed E-state index contributed by atoms with van der Waals surface area (Å²) in [5, 5.41) is 6.60. The zero-order valence-corrected chi connectivity index (χ0v) is 13.2. The van der Waals surface area contributed by atoms with Crippen LogP contribution in [0.5, 0.6) is 0 Å². The highest BCUT2D eigenvalue weighted by atomic mass is 127. The van der Waals surface area contributed by atoms with Gasteiger partial charge >= 0.3 is 0 Å². The van der Waals surface area contributed by atoms with Gasteiger partial charge in [0.25, 0.3) is 0 Å². The Bertz CT molecular complexity index is 569. The highest BCUT2D eigenvalue weighted by Crippen LogP contribution is 2.22. The van der Waals surface area contributed by atoms with Gasteiger partial charge in [0, 0.05) is 38.1 Å². The molecule has 1 aliphatic rings. The molecule has 0 aliphatic carbocycles. The molecule has 2 heterocycles. The molecule has 3 rings (SSSR count). The summed E-state index contributed by atoms with van der Waals surface area (Å²) in [6.07, 6.45) is 1.87. The highest BCUT2D eigenvalue weighted by molar-refractivity contribution is 14.1. The molecule has 0 bridgehead atoms. The quantitative estimate of drug-likeness (QED) is 0.799. The van der Waals surface area contributed by atoms with Gasteiger partial charge in [-0.2, -0.15) is 4.98 Å². The maximum absolute atomic E-state index is 4.66. The molecule has 2 aromatic rings. The van der Waals surface area contributed by atoms with Crippen molar-refractivity contribution in [3.8, 4) is 0 Å². The normalized spacial score (nSPS) is 15.2. The van der Waals surface area contributed by atoms with Crippen LogP contribution in [0.15, 0.2) is 36.5 Å². The molecular formula is C14H16IN5. The van der Waals surface area contributed by atoms with Crippen molar-refractivity contribution in [1.29, 1.82) is 0 Å². The Kier molecular flexibility index (Phi) is 4.31. The Morgan fingerprint density at radius 2 is 1.90 bits per heavy atom. The topological polar surface area (TPSA) is 53.1 Å². The fraction of sp³-hybridized carbons (Fsp3) is 0.286. The molecule has 0 radical (unpaired) electrons. The average Bonchev–Trinajstić information content (AvgIpc) is 2.51. The maximum Gasteiger partial charge on any atom is 0.229 e. The zero-order valence-electron chi connectivity index (χ0n) is 11.0. The summed E-state index contributed by atoms with van der Waals surface area (Å²) in [6.45, 7) is 3.97. The first-order chi connectivity index (χ1) is 9.83. The van der Waals surface area contributed by atoms with Crippen molar-refractivity contribution in [3.05, 3.63) is 40.1 Å². The molecule has 6 heteroatoms. The van der Waals surface area contributed by atoms with Crippen LogP contribution in [0.1, 0.15) is 0 Å². The van der Waals surface area contributed by atoms with Crippen molar-refractivity contribution >= 4 is 40.0 Å². The number of piperazine rings is 1. The van der Waals surface area contributed by atoms with Crippen LogP contribution in [0, 0.1) is 3.57 Å². The second-order valence-electron chi connectivity index (χ2n) is 4.59. The number of para-hydroxylation sites is 1. The van der Waals surface area contributed by atoms with Crippen LogP contribution in [-0.2, 0) is 0 Å². The number of aromatic nitrogens is 2. The van der Waals surface area contributed by atoms with E-state index in [1.807, 2.05) is 36.5 Å². The molecule has 0 unspecified atom stereocenters. The summed E-state index contributed by atoms with van der Waals surface area (Å²) in [6, 6.07) is 9.99. The van der Waals surface area contributed by atoms with E-state index in [9.17, 15) is 0 Å². The predicted octanol–water partition coefficient (Wildman–Crippen LogP) is 2.23. The fourth-order valence-electron chi connectivity index (χ4n) is 2.17. The molecule has 20 heavy (non-hydrogen) atoms. The number of nitrogens with zero attached hydrogens (tertiary/aromatic N) is 3. The van der Waals surface area contributed by atoms with Crippen molar-refractivity contribution in [1.82, 2.24) is 15.3 Å². The third kappa shape index (κ3) is 3.18. The van der Waals surface area contributed by atoms with E-state index < -0.39 is 0 Å². The van der Waals surface area contributed by atoms with E-state index in [1.165, 1.54) is 0 Å². The van der Waals surface area contributed by atoms with Crippen molar-refractivity contribution in [2.45, 2.75) is 0 Å². The SMILES string of the molecule is Ic1cnc(Nc2ccccc2)nc1N1CCNCC1. The third-order valence-electron chi connectivity index (χ3n) is 3.17. The highest BCUT2D eigenvalue weighted by Gasteiger charge is 2.15. The van der Waals surface area contributed by atoms with E-state index in [4.69, 9.17) is 0 Å². The van der Waals surface area contributed by atoms with Crippen LogP contribution in [0.2, 0.25) is 0 Å². The number of halogens is 1. The fourth-order valence-corrected chi connectivity index (χ4v) is 2.77. The number of nitrogens with one attached hydrogen (secondary N) is 2. The largest absolute Gasteiger partial charge is 0.353 e. The van der Waals surface area contributed by atoms with Crippen LogP contribution in [0.3, 0.4) is 0 Å². The summed E-state index contributed by atoms with van der Waals surface area (Å²) in [4.78, 5) is 11.3. The first-order valence-electron chi connectivity index (χ1n) is 6.63. The van der Waals surface area contributed by atoms with Gasteiger partial charge in [-0.15, -0.1) is 0 Å². The number of anilines is 3. The number of benzene rings is 1. The maximum atomic E-state index is 4.66. The van der Waals surface area contributed by atoms with E-state index in [-0.39, 0.29) is 0 Å². The average molecular weight is 381 g/mol. The van der Waals surface area contributed by atoms with E-state index in [2.05, 4.69) is 48.1 Å². The van der Waals surface area contributed by atoms with Crippen molar-refractivity contribution in [3.63, 3.8) is 0 Å². The Hall–Kier alpha value is -1.41. The predicted molar refractivity (Wildman–Crippen MR) is 89.6 cm³/mol. The van der Waals surface area contributed by atoms with Gasteiger partial charge in [-0.3, -0.25) is 0 Å². The van der Waals surface area contributed by atoms with Crippen LogP contribution >= 0.6 is 22.6 Å². The van der Waals surface area contributed by atoms with E-state index in [0.717, 1.165) is 41.3 Å². The molecule has 0 atom stereocenters. The Morgan fingerprint density at radius 3 is 2.65 bits per heavy atom. The summed E-state index contributed by atoms with van der Waals surface area (Å²) in [7, 11) is 0. The standard InChI is InChI=1S/C14H16IN5/c15-12-10-17-14(18-11-4-2-1-3-5-11)19-13(12)20-8-6-16-7-9-20/h1-5,10,16H,6-9H2,(H,17,18,19). The van der Waals surface area contributed by atoms with Gasteiger partial charge in [-0.1, -0.05) is 18.2 Å². The van der Waals surface area contributed by atoms with Crippen molar-refractivity contribution in [2.24, 2.45) is 0 Å². The van der Waals surface area contributed by atoms with Crippen LogP contribution in [0.4, 0.5) is 17.5 Å². The Balaban J connectivity index is 1.82. The van der Waals surface area contributed by atoms with E-state index in [0.29, 0.717) is 5.95 Å². The monoisotopic (exact) mass is 381 g/mol. The molecule has 2 N–H and O–H groups in total. The lowest BCUT2D eigenvalue weighted by Crippen LogP contribution is -2.44. The van der Waals surface area contributed by atoms with Gasteiger partial charge in [0.15, 0.2) is 0 Å². The molecular weight excluding hydrogens is 365 g/mol. The first-order valence-corrected chi connectivity index (χ1v) is 7.71. The minimum Gasteiger partial charge on any atom is -0.353 e. The Labute approximate surface area is 132 Å². The molecule has 0 amide bonds. The molecule has 0 saturated carbocycles. The number of hydrogen-bond acceptors (Lipinski definition) is 5.